The number of amides is 1. The molecule has 29 heavy (non-hydrogen) atoms. The first-order valence-electron chi connectivity index (χ1n) is 9.47. The molecule has 0 aliphatic rings. The minimum Gasteiger partial charge on any atom is -0.362 e. The van der Waals surface area contributed by atoms with Gasteiger partial charge in [-0.05, 0) is 43.1 Å². The normalized spacial score (nSPS) is 13.3. The van der Waals surface area contributed by atoms with Crippen molar-refractivity contribution in [2.75, 3.05) is 11.9 Å². The van der Waals surface area contributed by atoms with Crippen LogP contribution in [0.25, 0.3) is 10.9 Å². The van der Waals surface area contributed by atoms with Crippen LogP contribution in [-0.2, 0) is 7.05 Å². The lowest BCUT2D eigenvalue weighted by Crippen LogP contribution is -2.46. The predicted molar refractivity (Wildman–Crippen MR) is 119 cm³/mol. The van der Waals surface area contributed by atoms with E-state index in [0.29, 0.717) is 17.9 Å². The molecule has 2 aromatic heterocycles. The number of nitrogens with zero attached hydrogens (tertiary/aromatic N) is 4. The van der Waals surface area contributed by atoms with E-state index in [1.54, 1.807) is 24.1 Å². The van der Waals surface area contributed by atoms with Crippen LogP contribution in [-0.4, -0.2) is 37.7 Å². The number of carbonyl (C=O) groups excluding carboxylic acids is 1. The smallest absolute Gasteiger partial charge is 0.254 e. The van der Waals surface area contributed by atoms with Gasteiger partial charge in [-0.15, -0.1) is 0 Å². The lowest BCUT2D eigenvalue weighted by Gasteiger charge is -2.32. The summed E-state index contributed by atoms with van der Waals surface area (Å²) in [6.07, 6.45) is 6.17. The first kappa shape index (κ1) is 21.5. The molecule has 3 rings (SSSR count). The molecule has 2 N–H and O–H groups in total. The van der Waals surface area contributed by atoms with Crippen molar-refractivity contribution in [3.05, 3.63) is 45.9 Å². The fourth-order valence-electron chi connectivity index (χ4n) is 3.13. The number of aromatic nitrogens is 4. The van der Waals surface area contributed by atoms with Gasteiger partial charge in [0.1, 0.15) is 5.82 Å². The van der Waals surface area contributed by atoms with Crippen LogP contribution in [0.15, 0.2) is 35.1 Å². The Balaban J connectivity index is 1.84. The second-order valence-electron chi connectivity index (χ2n) is 7.38. The summed E-state index contributed by atoms with van der Waals surface area (Å²) in [6.45, 7) is 4.65. The van der Waals surface area contributed by atoms with E-state index in [2.05, 4.69) is 55.5 Å². The molecule has 0 bridgehead atoms. The van der Waals surface area contributed by atoms with E-state index < -0.39 is 5.54 Å². The van der Waals surface area contributed by atoms with Gasteiger partial charge in [0.2, 0.25) is 5.28 Å². The Kier molecular flexibility index (Phi) is 6.74. The van der Waals surface area contributed by atoms with E-state index in [1.165, 1.54) is 0 Å². The van der Waals surface area contributed by atoms with Crippen LogP contribution in [0, 0.1) is 0 Å². The molecule has 0 aliphatic heterocycles. The van der Waals surface area contributed by atoms with Gasteiger partial charge in [0, 0.05) is 29.6 Å². The van der Waals surface area contributed by atoms with Crippen molar-refractivity contribution in [3.8, 4) is 0 Å². The third kappa shape index (κ3) is 5.45. The van der Waals surface area contributed by atoms with Crippen molar-refractivity contribution in [1.82, 2.24) is 25.1 Å². The van der Waals surface area contributed by atoms with Gasteiger partial charge in [0.25, 0.3) is 5.91 Å². The minimum atomic E-state index is -0.411. The summed E-state index contributed by atoms with van der Waals surface area (Å²) >= 11 is 9.63. The third-order valence-electron chi connectivity index (χ3n) is 4.74. The third-order valence-corrected chi connectivity index (χ3v) is 5.40. The lowest BCUT2D eigenvalue weighted by molar-refractivity contribution is 0.0945. The number of benzene rings is 1. The maximum absolute atomic E-state index is 12.5. The SMILES string of the molecule is CCCCC(C)(CNC(=O)c1cnn(C)c1)Nc1nc(Cl)nc2cc(Br)ccc12. The maximum Gasteiger partial charge on any atom is 0.254 e. The summed E-state index contributed by atoms with van der Waals surface area (Å²) in [5, 5.41) is 11.6. The van der Waals surface area contributed by atoms with Gasteiger partial charge < -0.3 is 10.6 Å². The molecule has 1 amide bonds. The van der Waals surface area contributed by atoms with Gasteiger partial charge in [0.05, 0.1) is 22.8 Å². The minimum absolute atomic E-state index is 0.155. The Bertz CT molecular complexity index is 1020. The summed E-state index contributed by atoms with van der Waals surface area (Å²) < 4.78 is 2.53. The van der Waals surface area contributed by atoms with Gasteiger partial charge in [-0.25, -0.2) is 9.97 Å². The number of hydrogen-bond acceptors (Lipinski definition) is 5. The topological polar surface area (TPSA) is 84.7 Å². The van der Waals surface area contributed by atoms with Crippen molar-refractivity contribution in [1.29, 1.82) is 0 Å². The highest BCUT2D eigenvalue weighted by molar-refractivity contribution is 9.10. The number of anilines is 1. The van der Waals surface area contributed by atoms with E-state index in [4.69, 9.17) is 11.6 Å². The zero-order valence-electron chi connectivity index (χ0n) is 16.7. The van der Waals surface area contributed by atoms with Crippen LogP contribution in [0.2, 0.25) is 5.28 Å². The van der Waals surface area contributed by atoms with Gasteiger partial charge in [-0.2, -0.15) is 5.10 Å². The van der Waals surface area contributed by atoms with Crippen LogP contribution in [0.4, 0.5) is 5.82 Å². The number of aryl methyl sites for hydroxylation is 1. The van der Waals surface area contributed by atoms with Gasteiger partial charge in [0.15, 0.2) is 0 Å². The molecule has 7 nitrogen and oxygen atoms in total. The zero-order chi connectivity index (χ0) is 21.0. The molecule has 154 valence electrons. The predicted octanol–water partition coefficient (Wildman–Crippen LogP) is 4.57. The molecule has 9 heteroatoms. The van der Waals surface area contributed by atoms with E-state index in [0.717, 1.165) is 34.6 Å². The number of halogens is 2. The number of unbranched alkanes of at least 4 members (excludes halogenated alkanes) is 1. The molecule has 0 fully saturated rings. The Labute approximate surface area is 183 Å². The molecule has 1 unspecified atom stereocenters. The van der Waals surface area contributed by atoms with Crippen molar-refractivity contribution in [2.45, 2.75) is 38.6 Å². The Morgan fingerprint density at radius 1 is 1.34 bits per heavy atom. The molecule has 0 radical (unpaired) electrons. The Morgan fingerprint density at radius 2 is 2.14 bits per heavy atom. The largest absolute Gasteiger partial charge is 0.362 e. The highest BCUT2D eigenvalue weighted by Crippen LogP contribution is 2.28. The first-order chi connectivity index (χ1) is 13.8. The number of nitrogens with one attached hydrogen (secondary N) is 2. The van der Waals surface area contributed by atoms with Crippen molar-refractivity contribution < 1.29 is 4.79 Å². The van der Waals surface area contributed by atoms with Gasteiger partial charge >= 0.3 is 0 Å². The standard InChI is InChI=1S/C20H24BrClN6O/c1-4-5-8-20(2,12-23-18(29)13-10-24-28(3)11-13)27-17-15-7-6-14(21)9-16(15)25-19(22)26-17/h6-7,9-11H,4-5,8,12H2,1-3H3,(H,23,29)(H,25,26,27). The van der Waals surface area contributed by atoms with E-state index in [9.17, 15) is 4.79 Å². The molecular weight excluding hydrogens is 456 g/mol. The van der Waals surface area contributed by atoms with Gasteiger partial charge in [-0.3, -0.25) is 9.48 Å². The fraction of sp³-hybridized carbons (Fsp3) is 0.400. The highest BCUT2D eigenvalue weighted by Gasteiger charge is 2.26. The average molecular weight is 480 g/mol. The van der Waals surface area contributed by atoms with Crippen LogP contribution < -0.4 is 10.6 Å². The summed E-state index contributed by atoms with van der Waals surface area (Å²) in [4.78, 5) is 21.2. The quantitative estimate of drug-likeness (QED) is 0.462. The molecular formula is C20H24BrClN6O. The Morgan fingerprint density at radius 3 is 2.83 bits per heavy atom. The summed E-state index contributed by atoms with van der Waals surface area (Å²) in [6, 6.07) is 5.80. The molecule has 0 saturated heterocycles. The number of carbonyl (C=O) groups is 1. The molecule has 0 spiro atoms. The average Bonchev–Trinajstić information content (AvgIpc) is 3.10. The van der Waals surface area contributed by atoms with Crippen molar-refractivity contribution in [3.63, 3.8) is 0 Å². The molecule has 3 aromatic rings. The Hall–Kier alpha value is -2.19. The maximum atomic E-state index is 12.5. The van der Waals surface area contributed by atoms with Crippen molar-refractivity contribution in [2.24, 2.45) is 7.05 Å². The molecule has 1 atom stereocenters. The van der Waals surface area contributed by atoms with Crippen LogP contribution in [0.1, 0.15) is 43.5 Å². The number of fused-ring (bicyclic) bond motifs is 1. The van der Waals surface area contributed by atoms with E-state index in [-0.39, 0.29) is 11.2 Å². The lowest BCUT2D eigenvalue weighted by atomic mass is 9.94. The van der Waals surface area contributed by atoms with Gasteiger partial charge in [-0.1, -0.05) is 35.7 Å². The summed E-state index contributed by atoms with van der Waals surface area (Å²) in [7, 11) is 1.78. The second kappa shape index (κ2) is 9.09. The second-order valence-corrected chi connectivity index (χ2v) is 8.63. The van der Waals surface area contributed by atoms with Crippen LogP contribution >= 0.6 is 27.5 Å². The fourth-order valence-corrected chi connectivity index (χ4v) is 3.66. The van der Waals surface area contributed by atoms with Crippen LogP contribution in [0.3, 0.4) is 0 Å². The molecule has 0 saturated carbocycles. The van der Waals surface area contributed by atoms with Crippen LogP contribution in [0.5, 0.6) is 0 Å². The number of hydrogen-bond donors (Lipinski definition) is 2. The first-order valence-corrected chi connectivity index (χ1v) is 10.6. The molecule has 2 heterocycles. The van der Waals surface area contributed by atoms with Crippen molar-refractivity contribution >= 4 is 50.2 Å². The van der Waals surface area contributed by atoms with E-state index in [1.807, 2.05) is 18.2 Å². The number of rotatable bonds is 8. The van der Waals surface area contributed by atoms with E-state index >= 15 is 0 Å². The zero-order valence-corrected chi connectivity index (χ0v) is 19.0. The summed E-state index contributed by atoms with van der Waals surface area (Å²) in [5.41, 5.74) is 0.871. The summed E-state index contributed by atoms with van der Waals surface area (Å²) in [5.74, 6) is 0.499. The highest BCUT2D eigenvalue weighted by atomic mass is 79.9. The molecule has 0 aliphatic carbocycles. The molecule has 1 aromatic carbocycles. The monoisotopic (exact) mass is 478 g/mol.